The topological polar surface area (TPSA) is 133 Å². The summed E-state index contributed by atoms with van der Waals surface area (Å²) in [6.45, 7) is 4.43. The zero-order valence-electron chi connectivity index (χ0n) is 33.6. The number of aliphatic hydroxyl groups excluding tert-OH is 1. The molecule has 7 atom stereocenters. The van der Waals surface area contributed by atoms with Crippen LogP contribution in [0.2, 0.25) is 0 Å². The van der Waals surface area contributed by atoms with Crippen molar-refractivity contribution in [3.63, 3.8) is 0 Å². The van der Waals surface area contributed by atoms with Crippen LogP contribution in [-0.4, -0.2) is 72.6 Å². The molecule has 2 heterocycles. The molecule has 1 amide bonds. The van der Waals surface area contributed by atoms with E-state index in [1.165, 1.54) is 30.5 Å². The zero-order valence-corrected chi connectivity index (χ0v) is 33.6. The van der Waals surface area contributed by atoms with E-state index >= 15 is 0 Å². The van der Waals surface area contributed by atoms with E-state index in [-0.39, 0.29) is 41.5 Å². The molecule has 11 heteroatoms. The molecule has 2 saturated carbocycles. The highest BCUT2D eigenvalue weighted by molar-refractivity contribution is 5.93. The van der Waals surface area contributed by atoms with Crippen LogP contribution in [0.1, 0.15) is 89.3 Å². The Labute approximate surface area is 344 Å². The van der Waals surface area contributed by atoms with Gasteiger partial charge in [0.15, 0.2) is 11.5 Å². The quantitative estimate of drug-likeness (QED) is 0.0952. The summed E-state index contributed by atoms with van der Waals surface area (Å²) in [5, 5.41) is 14.4. The highest BCUT2D eigenvalue weighted by atomic mass is 16.6. The van der Waals surface area contributed by atoms with Crippen molar-refractivity contribution in [2.45, 2.75) is 94.7 Å². The molecule has 1 saturated heterocycles. The van der Waals surface area contributed by atoms with Crippen LogP contribution >= 0.6 is 0 Å². The van der Waals surface area contributed by atoms with Crippen molar-refractivity contribution < 1.29 is 43.2 Å². The summed E-state index contributed by atoms with van der Waals surface area (Å²) in [7, 11) is 1.73. The first-order chi connectivity index (χ1) is 28.7. The first kappa shape index (κ1) is 39.2. The number of likely N-dealkylation sites (tertiary alicyclic amines) is 1. The van der Waals surface area contributed by atoms with Crippen LogP contribution in [0.5, 0.6) is 17.2 Å². The van der Waals surface area contributed by atoms with Crippen LogP contribution in [0, 0.1) is 17.8 Å². The largest absolute Gasteiger partial charge is 0.483 e. The second-order valence-corrected chi connectivity index (χ2v) is 16.9. The predicted molar refractivity (Wildman–Crippen MR) is 220 cm³/mol. The molecule has 1 spiro atoms. The fraction of sp³-hybridized carbons (Fsp3) is 0.438. The second-order valence-electron chi connectivity index (χ2n) is 16.9. The van der Waals surface area contributed by atoms with E-state index in [1.807, 2.05) is 36.4 Å². The molecule has 2 N–H and O–H groups in total. The molecule has 308 valence electrons. The molecular weight excluding hydrogens is 749 g/mol. The van der Waals surface area contributed by atoms with Crippen LogP contribution in [-0.2, 0) is 27.9 Å². The molecule has 5 aliphatic rings. The molecule has 2 bridgehead atoms. The number of hydrogen-bond donors (Lipinski definition) is 2. The minimum absolute atomic E-state index is 0.0523. The van der Waals surface area contributed by atoms with Crippen molar-refractivity contribution in [1.82, 2.24) is 4.90 Å². The Bertz CT molecular complexity index is 2170. The highest BCUT2D eigenvalue weighted by Gasteiger charge is 2.68. The number of ether oxygens (including phenoxy) is 5. The van der Waals surface area contributed by atoms with E-state index in [1.54, 1.807) is 43.5 Å². The molecule has 9 rings (SSSR count). The summed E-state index contributed by atoms with van der Waals surface area (Å²) in [5.41, 5.74) is 4.04. The maximum absolute atomic E-state index is 13.5. The van der Waals surface area contributed by atoms with Gasteiger partial charge in [0.2, 0.25) is 0 Å². The molecule has 4 aromatic rings. The van der Waals surface area contributed by atoms with Gasteiger partial charge in [0.25, 0.3) is 0 Å². The van der Waals surface area contributed by atoms with Gasteiger partial charge < -0.3 is 28.8 Å². The summed E-state index contributed by atoms with van der Waals surface area (Å²) in [6.07, 6.45) is 6.29. The number of carbonyl (C=O) groups excluding carboxylic acids is 3. The van der Waals surface area contributed by atoms with Crippen LogP contribution < -0.4 is 19.5 Å². The van der Waals surface area contributed by atoms with Crippen molar-refractivity contribution in [3.8, 4) is 17.2 Å². The van der Waals surface area contributed by atoms with Crippen LogP contribution in [0.25, 0.3) is 0 Å². The van der Waals surface area contributed by atoms with Gasteiger partial charge in [-0.1, -0.05) is 56.2 Å². The third-order valence-electron chi connectivity index (χ3n) is 13.4. The SMILES string of the molecule is CCCC[C@@H](O)[C@H]1CC2[C@H]3Cc4ccc(OC(=O)Nc5ccc(C(=O)Oc6ccc(C(=O)OCc7ccccc7)cc6)cc5)c5c4[C@@]2(CCN3CC2CC2)[C@@H](O5)[C@@H]1OC. The molecule has 3 aliphatic carbocycles. The van der Waals surface area contributed by atoms with E-state index in [0.29, 0.717) is 34.7 Å². The zero-order chi connectivity index (χ0) is 40.7. The number of anilines is 1. The van der Waals surface area contributed by atoms with Crippen LogP contribution in [0.4, 0.5) is 10.5 Å². The molecule has 4 aromatic carbocycles. The summed E-state index contributed by atoms with van der Waals surface area (Å²) in [4.78, 5) is 41.6. The number of amides is 1. The van der Waals surface area contributed by atoms with Crippen molar-refractivity contribution >= 4 is 23.7 Å². The maximum atomic E-state index is 13.5. The monoisotopic (exact) mass is 800 g/mol. The van der Waals surface area contributed by atoms with Crippen molar-refractivity contribution in [2.75, 3.05) is 25.5 Å². The van der Waals surface area contributed by atoms with Gasteiger partial charge in [-0.05, 0) is 123 Å². The number of aliphatic hydroxyl groups is 1. The molecule has 2 aliphatic heterocycles. The van der Waals surface area contributed by atoms with Gasteiger partial charge in [-0.2, -0.15) is 0 Å². The number of carbonyl (C=O) groups is 3. The number of piperidine rings is 1. The summed E-state index contributed by atoms with van der Waals surface area (Å²) < 4.78 is 30.2. The molecule has 11 nitrogen and oxygen atoms in total. The number of rotatable bonds is 14. The summed E-state index contributed by atoms with van der Waals surface area (Å²) >= 11 is 0. The number of nitrogens with zero attached hydrogens (tertiary/aromatic N) is 1. The number of nitrogens with one attached hydrogen (secondary N) is 1. The van der Waals surface area contributed by atoms with Gasteiger partial charge in [-0.3, -0.25) is 10.2 Å². The first-order valence-electron chi connectivity index (χ1n) is 21.2. The van der Waals surface area contributed by atoms with E-state index in [0.717, 1.165) is 68.7 Å². The third kappa shape index (κ3) is 7.60. The molecular formula is C48H52N2O9. The Balaban J connectivity index is 0.868. The molecule has 3 fully saturated rings. The van der Waals surface area contributed by atoms with E-state index in [4.69, 9.17) is 23.7 Å². The number of methoxy groups -OCH3 is 1. The van der Waals surface area contributed by atoms with Gasteiger partial charge in [0, 0.05) is 42.3 Å². The minimum atomic E-state index is -0.685. The van der Waals surface area contributed by atoms with Crippen molar-refractivity contribution in [2.24, 2.45) is 17.8 Å². The number of unbranched alkanes of at least 4 members (excludes halogenated alkanes) is 1. The van der Waals surface area contributed by atoms with Crippen LogP contribution in [0.3, 0.4) is 0 Å². The Morgan fingerprint density at radius 1 is 0.932 bits per heavy atom. The average molecular weight is 801 g/mol. The van der Waals surface area contributed by atoms with Crippen molar-refractivity contribution in [1.29, 1.82) is 0 Å². The lowest BCUT2D eigenvalue weighted by molar-refractivity contribution is -0.162. The van der Waals surface area contributed by atoms with Gasteiger partial charge in [0.1, 0.15) is 24.6 Å². The van der Waals surface area contributed by atoms with Gasteiger partial charge in [-0.25, -0.2) is 14.4 Å². The second kappa shape index (κ2) is 16.4. The Morgan fingerprint density at radius 3 is 2.41 bits per heavy atom. The van der Waals surface area contributed by atoms with Crippen LogP contribution in [0.15, 0.2) is 91.0 Å². The van der Waals surface area contributed by atoms with Gasteiger partial charge in [0.05, 0.1) is 17.2 Å². The fourth-order valence-corrected chi connectivity index (χ4v) is 10.4. The van der Waals surface area contributed by atoms with Crippen molar-refractivity contribution in [3.05, 3.63) is 119 Å². The first-order valence-corrected chi connectivity index (χ1v) is 21.2. The molecule has 0 radical (unpaired) electrons. The summed E-state index contributed by atoms with van der Waals surface area (Å²) in [6, 6.07) is 26.2. The minimum Gasteiger partial charge on any atom is -0.483 e. The predicted octanol–water partition coefficient (Wildman–Crippen LogP) is 8.12. The van der Waals surface area contributed by atoms with E-state index < -0.39 is 24.1 Å². The lowest BCUT2D eigenvalue weighted by atomic mass is 9.49. The average Bonchev–Trinajstić information content (AvgIpc) is 4.01. The smallest absolute Gasteiger partial charge is 0.417 e. The summed E-state index contributed by atoms with van der Waals surface area (Å²) in [5.74, 6) is 1.19. The highest BCUT2D eigenvalue weighted by Crippen LogP contribution is 2.65. The maximum Gasteiger partial charge on any atom is 0.417 e. The molecule has 1 unspecified atom stereocenters. The standard InChI is InChI=1S/C48H52N2O9/c1-3-4-10-39(51)36-26-37-38-25-33-17-22-40(43-41(33)48(37,44(59-43)42(36)55-2)23-24-50(38)27-29-11-12-29)58-47(54)49-34-18-13-32(14-19-34)46(53)57-35-20-15-31(16-21-35)45(52)56-28-30-8-6-5-7-9-30/h5-9,13-22,29,36-39,42,44,51H,3-4,10-12,23-28H2,1-2H3,(H,49,54)/t36-,37?,38-,39-,42-,44+,48+/m1/s1. The Hall–Kier alpha value is -5.23. The number of hydrogen-bond acceptors (Lipinski definition) is 10. The van der Waals surface area contributed by atoms with E-state index in [2.05, 4.69) is 23.2 Å². The lowest BCUT2D eigenvalue weighted by Crippen LogP contribution is -2.69. The van der Waals surface area contributed by atoms with Gasteiger partial charge >= 0.3 is 18.0 Å². The Kier molecular flexibility index (Phi) is 10.9. The molecule has 0 aromatic heterocycles. The number of benzene rings is 4. The fourth-order valence-electron chi connectivity index (χ4n) is 10.4. The number of esters is 2. The lowest BCUT2D eigenvalue weighted by Gasteiger charge is -2.61. The molecule has 59 heavy (non-hydrogen) atoms. The van der Waals surface area contributed by atoms with Gasteiger partial charge in [-0.15, -0.1) is 0 Å². The Morgan fingerprint density at radius 2 is 1.68 bits per heavy atom. The normalized spacial score (nSPS) is 25.6. The third-order valence-corrected chi connectivity index (χ3v) is 13.4. The van der Waals surface area contributed by atoms with E-state index in [9.17, 15) is 19.5 Å².